The summed E-state index contributed by atoms with van der Waals surface area (Å²) < 4.78 is 25.5. The molecular weight excluding hydrogens is 441 g/mol. The maximum atomic E-state index is 14.4. The number of nitrogens with zero attached hydrogens (tertiary/aromatic N) is 2. The van der Waals surface area contributed by atoms with Crippen LogP contribution in [-0.2, 0) is 4.79 Å². The minimum absolute atomic E-state index is 0.141. The van der Waals surface area contributed by atoms with E-state index >= 15 is 0 Å². The summed E-state index contributed by atoms with van der Waals surface area (Å²) in [6.07, 6.45) is 0. The van der Waals surface area contributed by atoms with Gasteiger partial charge in [0, 0.05) is 37.3 Å². The lowest BCUT2D eigenvalue weighted by Gasteiger charge is -2.36. The first-order valence-corrected chi connectivity index (χ1v) is 11.3. The molecule has 0 atom stereocenters. The summed E-state index contributed by atoms with van der Waals surface area (Å²) in [4.78, 5) is 40.1. The molecule has 2 aromatic rings. The lowest BCUT2D eigenvalue weighted by Crippen LogP contribution is -2.51. The fraction of sp³-hybridized carbons (Fsp3) is 0.400. The van der Waals surface area contributed by atoms with E-state index in [1.165, 1.54) is 13.0 Å². The van der Waals surface area contributed by atoms with Crippen LogP contribution in [0.2, 0.25) is 0 Å². The van der Waals surface area contributed by atoms with Gasteiger partial charge in [0.15, 0.2) is 17.3 Å². The van der Waals surface area contributed by atoms with Gasteiger partial charge < -0.3 is 24.6 Å². The number of ketones is 1. The third-order valence-corrected chi connectivity index (χ3v) is 5.53. The maximum absolute atomic E-state index is 14.4. The molecule has 1 fully saturated rings. The molecule has 1 aliphatic heterocycles. The smallest absolute Gasteiger partial charge is 0.251 e. The molecule has 182 valence electrons. The number of anilines is 1. The van der Waals surface area contributed by atoms with E-state index in [2.05, 4.69) is 5.32 Å². The molecule has 1 heterocycles. The molecule has 0 aliphatic carbocycles. The predicted molar refractivity (Wildman–Crippen MR) is 126 cm³/mol. The number of piperazine rings is 1. The Morgan fingerprint density at radius 1 is 0.912 bits per heavy atom. The van der Waals surface area contributed by atoms with E-state index in [9.17, 15) is 18.8 Å². The molecule has 0 aromatic heterocycles. The third kappa shape index (κ3) is 6.03. The number of Topliss-reactive ketones (excluding diaryl/α,β-unsaturated/α-hetero) is 1. The lowest BCUT2D eigenvalue weighted by atomic mass is 10.1. The van der Waals surface area contributed by atoms with Crippen molar-refractivity contribution in [2.24, 2.45) is 0 Å². The SMILES string of the molecule is CCOc1ccc(C(=O)NCC(=O)N2CCN(c3ccc(C(C)=O)cc3F)CC2)cc1OCC. The predicted octanol–water partition coefficient (Wildman–Crippen LogP) is 2.90. The van der Waals surface area contributed by atoms with Crippen molar-refractivity contribution < 1.29 is 28.2 Å². The molecule has 1 N–H and O–H groups in total. The zero-order chi connectivity index (χ0) is 24.7. The van der Waals surface area contributed by atoms with E-state index in [0.29, 0.717) is 67.7 Å². The molecule has 0 saturated carbocycles. The molecule has 0 bridgehead atoms. The van der Waals surface area contributed by atoms with Crippen LogP contribution < -0.4 is 19.7 Å². The van der Waals surface area contributed by atoms with Gasteiger partial charge in [-0.25, -0.2) is 4.39 Å². The summed E-state index contributed by atoms with van der Waals surface area (Å²) in [5, 5.41) is 2.65. The molecular formula is C25H30FN3O5. The molecule has 2 amide bonds. The van der Waals surface area contributed by atoms with Crippen LogP contribution in [0.1, 0.15) is 41.5 Å². The first kappa shape index (κ1) is 25.0. The normalized spacial score (nSPS) is 13.4. The highest BCUT2D eigenvalue weighted by molar-refractivity contribution is 5.97. The van der Waals surface area contributed by atoms with Crippen LogP contribution in [0.5, 0.6) is 11.5 Å². The number of halogens is 1. The zero-order valence-corrected chi connectivity index (χ0v) is 19.7. The number of amides is 2. The first-order chi connectivity index (χ1) is 16.3. The fourth-order valence-electron chi connectivity index (χ4n) is 3.74. The zero-order valence-electron chi connectivity index (χ0n) is 19.7. The average molecular weight is 472 g/mol. The molecule has 0 spiro atoms. The Hall–Kier alpha value is -3.62. The number of rotatable bonds is 9. The summed E-state index contributed by atoms with van der Waals surface area (Å²) in [5.74, 6) is -0.214. The van der Waals surface area contributed by atoms with E-state index in [-0.39, 0.29) is 24.1 Å². The molecule has 9 heteroatoms. The van der Waals surface area contributed by atoms with Gasteiger partial charge in [-0.15, -0.1) is 0 Å². The standard InChI is InChI=1S/C25H30FN3O5/c1-4-33-22-9-7-19(15-23(22)34-5-2)25(32)27-16-24(31)29-12-10-28(11-13-29)21-8-6-18(17(3)30)14-20(21)26/h6-9,14-15H,4-5,10-13,16H2,1-3H3,(H,27,32). The Kier molecular flexibility index (Phi) is 8.45. The van der Waals surface area contributed by atoms with Crippen LogP contribution in [0.3, 0.4) is 0 Å². The first-order valence-electron chi connectivity index (χ1n) is 11.3. The summed E-state index contributed by atoms with van der Waals surface area (Å²) in [6, 6.07) is 9.33. The highest BCUT2D eigenvalue weighted by Crippen LogP contribution is 2.28. The van der Waals surface area contributed by atoms with E-state index in [4.69, 9.17) is 9.47 Å². The second kappa shape index (κ2) is 11.5. The van der Waals surface area contributed by atoms with Crippen LogP contribution >= 0.6 is 0 Å². The van der Waals surface area contributed by atoms with Gasteiger partial charge in [-0.2, -0.15) is 0 Å². The third-order valence-electron chi connectivity index (χ3n) is 5.53. The van der Waals surface area contributed by atoms with Gasteiger partial charge >= 0.3 is 0 Å². The van der Waals surface area contributed by atoms with Gasteiger partial charge in [-0.1, -0.05) is 0 Å². The second-order valence-corrected chi connectivity index (χ2v) is 7.80. The molecule has 2 aromatic carbocycles. The quantitative estimate of drug-likeness (QED) is 0.566. The van der Waals surface area contributed by atoms with Crippen molar-refractivity contribution in [3.05, 3.63) is 53.3 Å². The molecule has 8 nitrogen and oxygen atoms in total. The van der Waals surface area contributed by atoms with Gasteiger partial charge in [-0.3, -0.25) is 14.4 Å². The molecule has 0 radical (unpaired) electrons. The number of carbonyl (C=O) groups excluding carboxylic acids is 3. The van der Waals surface area contributed by atoms with Crippen molar-refractivity contribution in [2.75, 3.05) is 50.8 Å². The van der Waals surface area contributed by atoms with E-state index in [1.54, 1.807) is 35.2 Å². The van der Waals surface area contributed by atoms with Crippen LogP contribution in [-0.4, -0.2) is 68.4 Å². The van der Waals surface area contributed by atoms with E-state index in [0.717, 1.165) is 0 Å². The minimum atomic E-state index is -0.457. The lowest BCUT2D eigenvalue weighted by molar-refractivity contribution is -0.130. The van der Waals surface area contributed by atoms with Crippen LogP contribution in [0.4, 0.5) is 10.1 Å². The van der Waals surface area contributed by atoms with E-state index in [1.807, 2.05) is 18.7 Å². The molecule has 0 unspecified atom stereocenters. The van der Waals surface area contributed by atoms with Gasteiger partial charge in [0.25, 0.3) is 5.91 Å². The second-order valence-electron chi connectivity index (χ2n) is 7.80. The van der Waals surface area contributed by atoms with E-state index < -0.39 is 5.82 Å². The monoisotopic (exact) mass is 471 g/mol. The highest BCUT2D eigenvalue weighted by Gasteiger charge is 2.23. The number of ether oxygens (including phenoxy) is 2. The van der Waals surface area contributed by atoms with Crippen LogP contribution in [0.25, 0.3) is 0 Å². The van der Waals surface area contributed by atoms with Crippen molar-refractivity contribution in [3.8, 4) is 11.5 Å². The van der Waals surface area contributed by atoms with Crippen LogP contribution in [0, 0.1) is 5.82 Å². The van der Waals surface area contributed by atoms with Crippen molar-refractivity contribution in [1.29, 1.82) is 0 Å². The van der Waals surface area contributed by atoms with Crippen molar-refractivity contribution >= 4 is 23.3 Å². The molecule has 1 saturated heterocycles. The Balaban J connectivity index is 1.53. The number of carbonyl (C=O) groups is 3. The number of benzene rings is 2. The summed E-state index contributed by atoms with van der Waals surface area (Å²) in [7, 11) is 0. The Bertz CT molecular complexity index is 1050. The molecule has 3 rings (SSSR count). The van der Waals surface area contributed by atoms with Gasteiger partial charge in [0.05, 0.1) is 25.4 Å². The molecule has 1 aliphatic rings. The number of hydrogen-bond acceptors (Lipinski definition) is 6. The molecule has 34 heavy (non-hydrogen) atoms. The fourth-order valence-corrected chi connectivity index (χ4v) is 3.74. The Morgan fingerprint density at radius 2 is 1.56 bits per heavy atom. The maximum Gasteiger partial charge on any atom is 0.251 e. The average Bonchev–Trinajstić information content (AvgIpc) is 2.83. The topological polar surface area (TPSA) is 88.2 Å². The summed E-state index contributed by atoms with van der Waals surface area (Å²) >= 11 is 0. The van der Waals surface area contributed by atoms with Crippen molar-refractivity contribution in [2.45, 2.75) is 20.8 Å². The summed E-state index contributed by atoms with van der Waals surface area (Å²) in [5.41, 5.74) is 1.10. The van der Waals surface area contributed by atoms with Crippen molar-refractivity contribution in [3.63, 3.8) is 0 Å². The highest BCUT2D eigenvalue weighted by atomic mass is 19.1. The number of hydrogen-bond donors (Lipinski definition) is 1. The van der Waals surface area contributed by atoms with Crippen LogP contribution in [0.15, 0.2) is 36.4 Å². The Morgan fingerprint density at radius 3 is 2.18 bits per heavy atom. The van der Waals surface area contributed by atoms with Gasteiger partial charge in [0.1, 0.15) is 5.82 Å². The summed E-state index contributed by atoms with van der Waals surface area (Å²) in [6.45, 7) is 7.58. The minimum Gasteiger partial charge on any atom is -0.490 e. The van der Waals surface area contributed by atoms with Gasteiger partial charge in [-0.05, 0) is 57.2 Å². The Labute approximate surface area is 198 Å². The van der Waals surface area contributed by atoms with Gasteiger partial charge in [0.2, 0.25) is 5.91 Å². The number of nitrogens with one attached hydrogen (secondary N) is 1. The largest absolute Gasteiger partial charge is 0.490 e. The van der Waals surface area contributed by atoms with Crippen molar-refractivity contribution in [1.82, 2.24) is 10.2 Å².